The highest BCUT2D eigenvalue weighted by molar-refractivity contribution is 7.09. The molecule has 1 aromatic carbocycles. The molecule has 0 N–H and O–H groups in total. The molecule has 6 heteroatoms. The van der Waals surface area contributed by atoms with Crippen molar-refractivity contribution in [3.63, 3.8) is 0 Å². The van der Waals surface area contributed by atoms with E-state index in [0.717, 1.165) is 44.7 Å². The van der Waals surface area contributed by atoms with Crippen molar-refractivity contribution in [2.24, 2.45) is 0 Å². The van der Waals surface area contributed by atoms with Gasteiger partial charge in [-0.1, -0.05) is 30.3 Å². The van der Waals surface area contributed by atoms with Gasteiger partial charge in [-0.2, -0.15) is 0 Å². The van der Waals surface area contributed by atoms with E-state index < -0.39 is 0 Å². The van der Waals surface area contributed by atoms with Gasteiger partial charge in [-0.15, -0.1) is 11.3 Å². The Hall–Kier alpha value is -2.18. The molecule has 2 aliphatic rings. The van der Waals surface area contributed by atoms with Crippen LogP contribution in [0.5, 0.6) is 0 Å². The van der Waals surface area contributed by atoms with Gasteiger partial charge in [0, 0.05) is 51.1 Å². The molecule has 148 valence electrons. The van der Waals surface area contributed by atoms with Crippen LogP contribution in [0.15, 0.2) is 41.8 Å². The fourth-order valence-electron chi connectivity index (χ4n) is 4.32. The van der Waals surface area contributed by atoms with Gasteiger partial charge in [0.25, 0.3) is 0 Å². The summed E-state index contributed by atoms with van der Waals surface area (Å²) in [4.78, 5) is 32.8. The largest absolute Gasteiger partial charge is 0.340 e. The summed E-state index contributed by atoms with van der Waals surface area (Å²) in [7, 11) is 0. The van der Waals surface area contributed by atoms with E-state index in [1.807, 2.05) is 21.9 Å². The summed E-state index contributed by atoms with van der Waals surface area (Å²) in [5, 5.41) is 2.11. The summed E-state index contributed by atoms with van der Waals surface area (Å²) >= 11 is 1.78. The maximum atomic E-state index is 13.0. The summed E-state index contributed by atoms with van der Waals surface area (Å²) in [6, 6.07) is 12.3. The molecule has 2 amide bonds. The van der Waals surface area contributed by atoms with Crippen molar-refractivity contribution < 1.29 is 9.59 Å². The Morgan fingerprint density at radius 3 is 2.54 bits per heavy atom. The predicted molar refractivity (Wildman–Crippen MR) is 111 cm³/mol. The first-order valence-corrected chi connectivity index (χ1v) is 10.9. The van der Waals surface area contributed by atoms with E-state index in [1.165, 1.54) is 10.4 Å². The fourth-order valence-corrected chi connectivity index (χ4v) is 5.07. The van der Waals surface area contributed by atoms with E-state index in [9.17, 15) is 9.59 Å². The van der Waals surface area contributed by atoms with E-state index >= 15 is 0 Å². The molecule has 0 spiro atoms. The molecule has 1 aromatic heterocycles. The van der Waals surface area contributed by atoms with Gasteiger partial charge in [0.1, 0.15) is 0 Å². The summed E-state index contributed by atoms with van der Waals surface area (Å²) < 4.78 is 0. The second-order valence-electron chi connectivity index (χ2n) is 7.62. The smallest absolute Gasteiger partial charge is 0.225 e. The molecule has 0 radical (unpaired) electrons. The van der Waals surface area contributed by atoms with Crippen molar-refractivity contribution in [1.82, 2.24) is 14.7 Å². The maximum Gasteiger partial charge on any atom is 0.225 e. The third kappa shape index (κ3) is 4.13. The number of piperazine rings is 1. The van der Waals surface area contributed by atoms with Crippen LogP contribution in [0.25, 0.3) is 0 Å². The molecule has 1 unspecified atom stereocenters. The Kier molecular flexibility index (Phi) is 5.78. The summed E-state index contributed by atoms with van der Waals surface area (Å²) in [6.07, 6.45) is 1.24. The van der Waals surface area contributed by atoms with Gasteiger partial charge in [0.2, 0.25) is 11.8 Å². The molecule has 2 aliphatic heterocycles. The lowest BCUT2D eigenvalue weighted by molar-refractivity contribution is -0.137. The number of benzene rings is 1. The van der Waals surface area contributed by atoms with Gasteiger partial charge in [-0.25, -0.2) is 0 Å². The van der Waals surface area contributed by atoms with Crippen LogP contribution in [-0.4, -0.2) is 59.2 Å². The highest BCUT2D eigenvalue weighted by atomic mass is 32.1. The van der Waals surface area contributed by atoms with Crippen molar-refractivity contribution in [2.75, 3.05) is 32.7 Å². The van der Waals surface area contributed by atoms with Crippen LogP contribution in [0.1, 0.15) is 35.4 Å². The number of hydrogen-bond acceptors (Lipinski definition) is 4. The predicted octanol–water partition coefficient (Wildman–Crippen LogP) is 2.93. The molecule has 5 nitrogen and oxygen atoms in total. The van der Waals surface area contributed by atoms with Crippen LogP contribution in [0.4, 0.5) is 0 Å². The molecular formula is C22H27N3O2S. The third-order valence-electron chi connectivity index (χ3n) is 5.87. The monoisotopic (exact) mass is 397 g/mol. The number of carbonyl (C=O) groups is 2. The number of nitrogens with zero attached hydrogens (tertiary/aromatic N) is 3. The fraction of sp³-hybridized carbons (Fsp3) is 0.455. The molecular weight excluding hydrogens is 370 g/mol. The molecule has 3 heterocycles. The zero-order chi connectivity index (χ0) is 19.5. The van der Waals surface area contributed by atoms with E-state index in [1.54, 1.807) is 18.3 Å². The Bertz CT molecular complexity index is 828. The number of carbonyl (C=O) groups excluding carboxylic acids is 2. The van der Waals surface area contributed by atoms with Crippen LogP contribution in [0.3, 0.4) is 0 Å². The van der Waals surface area contributed by atoms with Crippen molar-refractivity contribution >= 4 is 23.2 Å². The SMILES string of the molecule is CC(=O)N1CCc2ccccc2C1CC(=O)N1CCN(Cc2cccs2)CC1. The average Bonchev–Trinajstić information content (AvgIpc) is 3.21. The van der Waals surface area contributed by atoms with Crippen LogP contribution >= 0.6 is 11.3 Å². The van der Waals surface area contributed by atoms with Crippen molar-refractivity contribution in [3.8, 4) is 0 Å². The van der Waals surface area contributed by atoms with E-state index in [-0.39, 0.29) is 17.9 Å². The zero-order valence-electron chi connectivity index (χ0n) is 16.3. The van der Waals surface area contributed by atoms with Gasteiger partial charge in [0.05, 0.1) is 12.5 Å². The van der Waals surface area contributed by atoms with Crippen LogP contribution in [0, 0.1) is 0 Å². The lowest BCUT2D eigenvalue weighted by atomic mass is 9.90. The van der Waals surface area contributed by atoms with Crippen LogP contribution in [-0.2, 0) is 22.6 Å². The Labute approximate surface area is 170 Å². The summed E-state index contributed by atoms with van der Waals surface area (Å²) in [6.45, 7) is 6.60. The minimum absolute atomic E-state index is 0.0491. The van der Waals surface area contributed by atoms with Gasteiger partial charge >= 0.3 is 0 Å². The maximum absolute atomic E-state index is 13.0. The van der Waals surface area contributed by atoms with Gasteiger partial charge in [-0.3, -0.25) is 14.5 Å². The number of hydrogen-bond donors (Lipinski definition) is 0. The molecule has 1 fully saturated rings. The Morgan fingerprint density at radius 1 is 1.04 bits per heavy atom. The van der Waals surface area contributed by atoms with Crippen LogP contribution < -0.4 is 0 Å². The number of rotatable bonds is 4. The Morgan fingerprint density at radius 2 is 1.82 bits per heavy atom. The van der Waals surface area contributed by atoms with Crippen molar-refractivity contribution in [3.05, 3.63) is 57.8 Å². The Balaban J connectivity index is 1.39. The summed E-state index contributed by atoms with van der Waals surface area (Å²) in [5.41, 5.74) is 2.40. The molecule has 28 heavy (non-hydrogen) atoms. The van der Waals surface area contributed by atoms with Gasteiger partial charge in [-0.05, 0) is 29.0 Å². The first-order chi connectivity index (χ1) is 13.6. The van der Waals surface area contributed by atoms with Gasteiger partial charge < -0.3 is 9.80 Å². The van der Waals surface area contributed by atoms with E-state index in [2.05, 4.69) is 34.5 Å². The van der Waals surface area contributed by atoms with Crippen molar-refractivity contribution in [2.45, 2.75) is 32.4 Å². The minimum atomic E-state index is -0.140. The molecule has 1 saturated heterocycles. The second-order valence-corrected chi connectivity index (χ2v) is 8.65. The number of thiophene rings is 1. The standard InChI is InChI=1S/C22H27N3O2S/c1-17(26)25-9-8-18-5-2-3-7-20(18)21(25)15-22(27)24-12-10-23(11-13-24)16-19-6-4-14-28-19/h2-7,14,21H,8-13,15-16H2,1H3. The third-order valence-corrected chi connectivity index (χ3v) is 6.73. The lowest BCUT2D eigenvalue weighted by Crippen LogP contribution is -2.49. The number of fused-ring (bicyclic) bond motifs is 1. The first kappa shape index (κ1) is 19.2. The molecule has 1 atom stereocenters. The summed E-state index contributed by atoms with van der Waals surface area (Å²) in [5.74, 6) is 0.205. The molecule has 2 aromatic rings. The second kappa shape index (κ2) is 8.45. The topological polar surface area (TPSA) is 43.9 Å². The molecule has 0 saturated carbocycles. The zero-order valence-corrected chi connectivity index (χ0v) is 17.2. The quantitative estimate of drug-likeness (QED) is 0.797. The number of amides is 2. The highest BCUT2D eigenvalue weighted by Crippen LogP contribution is 2.33. The van der Waals surface area contributed by atoms with Crippen molar-refractivity contribution in [1.29, 1.82) is 0 Å². The molecule has 0 bridgehead atoms. The normalized spacial score (nSPS) is 20.1. The van der Waals surface area contributed by atoms with Gasteiger partial charge in [0.15, 0.2) is 0 Å². The average molecular weight is 398 g/mol. The minimum Gasteiger partial charge on any atom is -0.340 e. The first-order valence-electron chi connectivity index (χ1n) is 9.99. The van der Waals surface area contributed by atoms with E-state index in [0.29, 0.717) is 13.0 Å². The van der Waals surface area contributed by atoms with E-state index in [4.69, 9.17) is 0 Å². The molecule has 4 rings (SSSR count). The molecule has 0 aliphatic carbocycles. The highest BCUT2D eigenvalue weighted by Gasteiger charge is 2.32. The lowest BCUT2D eigenvalue weighted by Gasteiger charge is -2.39. The van der Waals surface area contributed by atoms with Crippen LogP contribution in [0.2, 0.25) is 0 Å².